The molecule has 1 aromatic rings. The van der Waals surface area contributed by atoms with Crippen molar-refractivity contribution in [3.63, 3.8) is 0 Å². The van der Waals surface area contributed by atoms with Crippen LogP contribution in [0.3, 0.4) is 0 Å². The van der Waals surface area contributed by atoms with Gasteiger partial charge in [0.2, 0.25) is 0 Å². The molecule has 0 bridgehead atoms. The number of nitrogens with two attached hydrogens (primary N) is 1. The van der Waals surface area contributed by atoms with Gasteiger partial charge in [-0.1, -0.05) is 37.3 Å². The molecule has 0 spiro atoms. The fourth-order valence-electron chi connectivity index (χ4n) is 1.79. The van der Waals surface area contributed by atoms with Crippen LogP contribution in [0.4, 0.5) is 0 Å². The van der Waals surface area contributed by atoms with Crippen LogP contribution in [0.1, 0.15) is 30.9 Å². The minimum Gasteiger partial charge on any atom is -0.380 e. The molecule has 2 nitrogen and oxygen atoms in total. The van der Waals surface area contributed by atoms with E-state index in [9.17, 15) is 0 Å². The molecule has 0 atom stereocenters. The van der Waals surface area contributed by atoms with Gasteiger partial charge in [-0.25, -0.2) is 0 Å². The number of ether oxygens (including phenoxy) is 1. The summed E-state index contributed by atoms with van der Waals surface area (Å²) in [5.74, 6) is 0. The molecule has 2 heteroatoms. The van der Waals surface area contributed by atoms with E-state index in [0.717, 1.165) is 25.8 Å². The first-order valence-electron chi connectivity index (χ1n) is 6.27. The molecule has 0 heterocycles. The Morgan fingerprint density at radius 2 is 2.00 bits per heavy atom. The maximum absolute atomic E-state index is 5.54. The molecule has 0 radical (unpaired) electrons. The molecule has 0 aromatic heterocycles. The molecule has 0 saturated carbocycles. The van der Waals surface area contributed by atoms with Crippen molar-refractivity contribution in [2.45, 2.75) is 26.2 Å². The van der Waals surface area contributed by atoms with Crippen molar-refractivity contribution in [3.05, 3.63) is 41.0 Å². The van der Waals surface area contributed by atoms with Crippen LogP contribution < -0.4 is 5.73 Å². The Balaban J connectivity index is 2.72. The normalized spacial score (nSPS) is 11.8. The van der Waals surface area contributed by atoms with Crippen LogP contribution in [0.2, 0.25) is 0 Å². The Bertz CT molecular complexity index is 340. The van der Waals surface area contributed by atoms with Crippen molar-refractivity contribution in [1.29, 1.82) is 0 Å². The van der Waals surface area contributed by atoms with E-state index in [4.69, 9.17) is 10.5 Å². The molecular formula is C15H23NO. The van der Waals surface area contributed by atoms with Crippen molar-refractivity contribution in [2.24, 2.45) is 5.73 Å². The lowest BCUT2D eigenvalue weighted by Gasteiger charge is -2.06. The van der Waals surface area contributed by atoms with Crippen molar-refractivity contribution in [3.8, 4) is 0 Å². The lowest BCUT2D eigenvalue weighted by molar-refractivity contribution is 0.223. The molecule has 0 saturated heterocycles. The predicted molar refractivity (Wildman–Crippen MR) is 74.0 cm³/mol. The van der Waals surface area contributed by atoms with Crippen LogP contribution in [0.5, 0.6) is 0 Å². The van der Waals surface area contributed by atoms with Crippen molar-refractivity contribution in [2.75, 3.05) is 20.3 Å². The highest BCUT2D eigenvalue weighted by molar-refractivity contribution is 5.53. The van der Waals surface area contributed by atoms with Crippen LogP contribution >= 0.6 is 0 Å². The first-order valence-corrected chi connectivity index (χ1v) is 6.27. The van der Waals surface area contributed by atoms with E-state index in [-0.39, 0.29) is 0 Å². The fourth-order valence-corrected chi connectivity index (χ4v) is 1.79. The zero-order valence-corrected chi connectivity index (χ0v) is 10.9. The van der Waals surface area contributed by atoms with Gasteiger partial charge in [0.25, 0.3) is 0 Å². The molecule has 2 N–H and O–H groups in total. The van der Waals surface area contributed by atoms with Gasteiger partial charge in [0.1, 0.15) is 0 Å². The summed E-state index contributed by atoms with van der Waals surface area (Å²) < 4.78 is 5.21. The molecule has 0 unspecified atom stereocenters. The topological polar surface area (TPSA) is 35.2 Å². The van der Waals surface area contributed by atoms with Crippen molar-refractivity contribution < 1.29 is 4.74 Å². The first kappa shape index (κ1) is 13.9. The Hall–Kier alpha value is -1.12. The smallest absolute Gasteiger partial charge is 0.0676 e. The van der Waals surface area contributed by atoms with Gasteiger partial charge in [0.05, 0.1) is 6.61 Å². The summed E-state index contributed by atoms with van der Waals surface area (Å²) in [6, 6.07) is 8.69. The summed E-state index contributed by atoms with van der Waals surface area (Å²) in [4.78, 5) is 0. The van der Waals surface area contributed by atoms with E-state index >= 15 is 0 Å². The van der Waals surface area contributed by atoms with Gasteiger partial charge in [-0.05, 0) is 42.5 Å². The summed E-state index contributed by atoms with van der Waals surface area (Å²) in [6.45, 7) is 3.59. The highest BCUT2D eigenvalue weighted by atomic mass is 16.5. The largest absolute Gasteiger partial charge is 0.380 e. The van der Waals surface area contributed by atoms with Crippen LogP contribution in [-0.2, 0) is 11.2 Å². The Morgan fingerprint density at radius 1 is 1.29 bits per heavy atom. The molecule has 0 fully saturated rings. The fraction of sp³-hybridized carbons (Fsp3) is 0.467. The van der Waals surface area contributed by atoms with E-state index in [1.807, 2.05) is 0 Å². The molecule has 1 rings (SSSR count). The minimum atomic E-state index is 0.690. The molecule has 0 aliphatic heterocycles. The molecule has 0 aliphatic rings. The van der Waals surface area contributed by atoms with Gasteiger partial charge in [-0.15, -0.1) is 0 Å². The maximum Gasteiger partial charge on any atom is 0.0676 e. The van der Waals surface area contributed by atoms with Crippen LogP contribution in [0.15, 0.2) is 29.8 Å². The Labute approximate surface area is 104 Å². The van der Waals surface area contributed by atoms with E-state index in [2.05, 4.69) is 37.3 Å². The third-order valence-corrected chi connectivity index (χ3v) is 2.79. The van der Waals surface area contributed by atoms with E-state index in [0.29, 0.717) is 6.61 Å². The number of hydrogen-bond donors (Lipinski definition) is 1. The number of methoxy groups -OCH3 is 1. The van der Waals surface area contributed by atoms with Gasteiger partial charge >= 0.3 is 0 Å². The van der Waals surface area contributed by atoms with E-state index in [1.54, 1.807) is 7.11 Å². The van der Waals surface area contributed by atoms with Crippen molar-refractivity contribution in [1.82, 2.24) is 0 Å². The number of benzene rings is 1. The lowest BCUT2D eigenvalue weighted by Crippen LogP contribution is -2.01. The summed E-state index contributed by atoms with van der Waals surface area (Å²) in [5, 5.41) is 0. The standard InChI is InChI=1S/C15H23NO/c1-3-13-6-8-14(9-7-13)11-15(12-17-2)5-4-10-16/h6-9,11H,3-5,10,12,16H2,1-2H3/b15-11-. The summed E-state index contributed by atoms with van der Waals surface area (Å²) in [7, 11) is 1.73. The average molecular weight is 233 g/mol. The molecule has 1 aromatic carbocycles. The summed E-state index contributed by atoms with van der Waals surface area (Å²) >= 11 is 0. The Morgan fingerprint density at radius 3 is 2.53 bits per heavy atom. The highest BCUT2D eigenvalue weighted by Crippen LogP contribution is 2.13. The second kappa shape index (κ2) is 8.04. The van der Waals surface area contributed by atoms with E-state index in [1.165, 1.54) is 16.7 Å². The van der Waals surface area contributed by atoms with Gasteiger partial charge in [-0.2, -0.15) is 0 Å². The third-order valence-electron chi connectivity index (χ3n) is 2.79. The van der Waals surface area contributed by atoms with Crippen LogP contribution in [-0.4, -0.2) is 20.3 Å². The zero-order chi connectivity index (χ0) is 12.5. The second-order valence-electron chi connectivity index (χ2n) is 4.22. The van der Waals surface area contributed by atoms with Gasteiger partial charge in [0, 0.05) is 7.11 Å². The van der Waals surface area contributed by atoms with E-state index < -0.39 is 0 Å². The molecule has 0 amide bonds. The number of aryl methyl sites for hydroxylation is 1. The summed E-state index contributed by atoms with van der Waals surface area (Å²) in [5.41, 5.74) is 9.46. The number of hydrogen-bond acceptors (Lipinski definition) is 2. The summed E-state index contributed by atoms with van der Waals surface area (Å²) in [6.07, 6.45) is 5.32. The zero-order valence-electron chi connectivity index (χ0n) is 10.9. The quantitative estimate of drug-likeness (QED) is 0.785. The molecular weight excluding hydrogens is 210 g/mol. The Kier molecular flexibility index (Phi) is 6.60. The second-order valence-corrected chi connectivity index (χ2v) is 4.22. The molecule has 0 aliphatic carbocycles. The van der Waals surface area contributed by atoms with Crippen LogP contribution in [0.25, 0.3) is 6.08 Å². The molecule has 94 valence electrons. The SMILES string of the molecule is CCc1ccc(/C=C(/CCCN)COC)cc1. The average Bonchev–Trinajstić information content (AvgIpc) is 2.37. The van der Waals surface area contributed by atoms with Gasteiger partial charge < -0.3 is 10.5 Å². The highest BCUT2D eigenvalue weighted by Gasteiger charge is 1.98. The minimum absolute atomic E-state index is 0.690. The molecule has 17 heavy (non-hydrogen) atoms. The monoisotopic (exact) mass is 233 g/mol. The van der Waals surface area contributed by atoms with Gasteiger partial charge in [0.15, 0.2) is 0 Å². The maximum atomic E-state index is 5.54. The van der Waals surface area contributed by atoms with Gasteiger partial charge in [-0.3, -0.25) is 0 Å². The first-order chi connectivity index (χ1) is 8.30. The predicted octanol–water partition coefficient (Wildman–Crippen LogP) is 3.02. The number of rotatable bonds is 7. The van der Waals surface area contributed by atoms with Crippen LogP contribution in [0, 0.1) is 0 Å². The third kappa shape index (κ3) is 5.16. The lowest BCUT2D eigenvalue weighted by atomic mass is 10.0. The van der Waals surface area contributed by atoms with Crippen molar-refractivity contribution >= 4 is 6.08 Å².